The van der Waals surface area contributed by atoms with E-state index >= 15 is 0 Å². The molecule has 1 fully saturated rings. The fraction of sp³-hybridized carbons (Fsp3) is 0.417. The molecule has 0 bridgehead atoms. The van der Waals surface area contributed by atoms with Crippen LogP contribution in [0.25, 0.3) is 33.7 Å². The number of hydrogen-bond donors (Lipinski definition) is 1. The van der Waals surface area contributed by atoms with Crippen LogP contribution in [0, 0.1) is 13.8 Å². The lowest BCUT2D eigenvalue weighted by Crippen LogP contribution is -2.44. The average molecular weight is 448 g/mol. The van der Waals surface area contributed by atoms with Crippen molar-refractivity contribution in [2.75, 3.05) is 38.4 Å². The standard InChI is InChI=1S/C24H29N7O2/c1-15-14-33-12-9-30(15)21-13-20(22-16(2)29-31(17(22)3)10-11-32-4)27-24(28-21)19-6-8-26-23-18(19)5-7-25-23/h5-8,13,15H,9-12,14H2,1-4H3,(H,25,26)/t15-/m1/s1. The zero-order valence-electron chi connectivity index (χ0n) is 19.5. The van der Waals surface area contributed by atoms with Gasteiger partial charge >= 0.3 is 0 Å². The van der Waals surface area contributed by atoms with Crippen LogP contribution in [0.5, 0.6) is 0 Å². The van der Waals surface area contributed by atoms with E-state index in [1.54, 1.807) is 13.3 Å². The van der Waals surface area contributed by atoms with Crippen LogP contribution in [-0.4, -0.2) is 69.2 Å². The number of anilines is 1. The largest absolute Gasteiger partial charge is 0.383 e. The molecule has 0 radical (unpaired) electrons. The summed E-state index contributed by atoms with van der Waals surface area (Å²) < 4.78 is 12.9. The van der Waals surface area contributed by atoms with Crippen molar-refractivity contribution in [3.63, 3.8) is 0 Å². The van der Waals surface area contributed by atoms with Gasteiger partial charge in [0.05, 0.1) is 43.8 Å². The molecule has 1 aliphatic rings. The minimum Gasteiger partial charge on any atom is -0.383 e. The molecule has 1 atom stereocenters. The van der Waals surface area contributed by atoms with Crippen LogP contribution in [0.3, 0.4) is 0 Å². The molecule has 0 spiro atoms. The van der Waals surface area contributed by atoms with Gasteiger partial charge in [0.15, 0.2) is 5.82 Å². The van der Waals surface area contributed by atoms with Crippen LogP contribution in [0.4, 0.5) is 5.82 Å². The number of aryl methyl sites for hydroxylation is 1. The Balaban J connectivity index is 1.69. The summed E-state index contributed by atoms with van der Waals surface area (Å²) in [6, 6.07) is 6.30. The topological polar surface area (TPSA) is 94.0 Å². The Morgan fingerprint density at radius 1 is 1.24 bits per heavy atom. The van der Waals surface area contributed by atoms with Gasteiger partial charge in [-0.25, -0.2) is 15.0 Å². The SMILES string of the molecule is COCCn1nc(C)c(-c2cc(N3CCOC[C@H]3C)nc(-c3ccnc4[nH]ccc34)n2)c1C. The lowest BCUT2D eigenvalue weighted by molar-refractivity contribution is 0.0985. The third kappa shape index (κ3) is 3.98. The molecule has 0 aromatic carbocycles. The van der Waals surface area contributed by atoms with Crippen molar-refractivity contribution in [2.24, 2.45) is 0 Å². The van der Waals surface area contributed by atoms with Crippen molar-refractivity contribution in [3.8, 4) is 22.6 Å². The summed E-state index contributed by atoms with van der Waals surface area (Å²) in [6.07, 6.45) is 3.69. The lowest BCUT2D eigenvalue weighted by Gasteiger charge is -2.34. The van der Waals surface area contributed by atoms with Crippen LogP contribution < -0.4 is 4.90 Å². The Hall–Kier alpha value is -3.30. The number of rotatable bonds is 6. The highest BCUT2D eigenvalue weighted by Gasteiger charge is 2.24. The highest BCUT2D eigenvalue weighted by Crippen LogP contribution is 2.33. The first-order valence-corrected chi connectivity index (χ1v) is 11.3. The monoisotopic (exact) mass is 447 g/mol. The van der Waals surface area contributed by atoms with E-state index in [9.17, 15) is 0 Å². The molecule has 9 heteroatoms. The molecule has 0 saturated carbocycles. The van der Waals surface area contributed by atoms with Gasteiger partial charge in [-0.1, -0.05) is 0 Å². The Kier molecular flexibility index (Phi) is 5.82. The number of fused-ring (bicyclic) bond motifs is 1. The zero-order valence-corrected chi connectivity index (χ0v) is 19.5. The Morgan fingerprint density at radius 2 is 2.12 bits per heavy atom. The molecule has 5 heterocycles. The third-order valence-corrected chi connectivity index (χ3v) is 6.22. The summed E-state index contributed by atoms with van der Waals surface area (Å²) in [5, 5.41) is 5.75. The highest BCUT2D eigenvalue weighted by atomic mass is 16.5. The molecule has 172 valence electrons. The third-order valence-electron chi connectivity index (χ3n) is 6.22. The van der Waals surface area contributed by atoms with Crippen molar-refractivity contribution in [3.05, 3.63) is 42.0 Å². The van der Waals surface area contributed by atoms with E-state index in [0.717, 1.165) is 51.6 Å². The second-order valence-corrected chi connectivity index (χ2v) is 8.41. The summed E-state index contributed by atoms with van der Waals surface area (Å²) in [7, 11) is 1.70. The van der Waals surface area contributed by atoms with Gasteiger partial charge in [0.1, 0.15) is 11.5 Å². The maximum absolute atomic E-state index is 5.67. The molecule has 5 rings (SSSR count). The smallest absolute Gasteiger partial charge is 0.162 e. The summed E-state index contributed by atoms with van der Waals surface area (Å²) in [5.41, 5.74) is 5.69. The molecular formula is C24H29N7O2. The number of pyridine rings is 1. The Morgan fingerprint density at radius 3 is 2.94 bits per heavy atom. The summed E-state index contributed by atoms with van der Waals surface area (Å²) in [4.78, 5) is 20.0. The molecule has 1 saturated heterocycles. The van der Waals surface area contributed by atoms with Gasteiger partial charge in [0, 0.05) is 54.3 Å². The number of aromatic amines is 1. The zero-order chi connectivity index (χ0) is 22.9. The van der Waals surface area contributed by atoms with Gasteiger partial charge in [-0.3, -0.25) is 4.68 Å². The number of methoxy groups -OCH3 is 1. The van der Waals surface area contributed by atoms with Crippen molar-refractivity contribution in [1.29, 1.82) is 0 Å². The van der Waals surface area contributed by atoms with E-state index in [1.165, 1.54) is 0 Å². The van der Waals surface area contributed by atoms with Crippen LogP contribution in [0.2, 0.25) is 0 Å². The second-order valence-electron chi connectivity index (χ2n) is 8.41. The first kappa shape index (κ1) is 21.5. The number of hydrogen-bond acceptors (Lipinski definition) is 7. The number of nitrogens with one attached hydrogen (secondary N) is 1. The predicted octanol–water partition coefficient (Wildman–Crippen LogP) is 3.37. The summed E-state index contributed by atoms with van der Waals surface area (Å²) in [6.45, 7) is 9.73. The summed E-state index contributed by atoms with van der Waals surface area (Å²) in [5.74, 6) is 1.58. The molecule has 0 amide bonds. The molecule has 4 aromatic rings. The highest BCUT2D eigenvalue weighted by molar-refractivity contribution is 5.91. The molecule has 0 unspecified atom stereocenters. The maximum atomic E-state index is 5.67. The number of morpholine rings is 1. The van der Waals surface area contributed by atoms with Gasteiger partial charge in [-0.2, -0.15) is 5.10 Å². The molecule has 1 N–H and O–H groups in total. The van der Waals surface area contributed by atoms with E-state index in [4.69, 9.17) is 24.5 Å². The van der Waals surface area contributed by atoms with E-state index in [-0.39, 0.29) is 6.04 Å². The molecule has 1 aliphatic heterocycles. The normalized spacial score (nSPS) is 16.6. The quantitative estimate of drug-likeness (QED) is 0.484. The van der Waals surface area contributed by atoms with E-state index < -0.39 is 0 Å². The number of H-pyrrole nitrogens is 1. The summed E-state index contributed by atoms with van der Waals surface area (Å²) >= 11 is 0. The molecular weight excluding hydrogens is 418 g/mol. The van der Waals surface area contributed by atoms with Crippen molar-refractivity contribution < 1.29 is 9.47 Å². The van der Waals surface area contributed by atoms with Crippen LogP contribution in [0.15, 0.2) is 30.6 Å². The molecule has 0 aliphatic carbocycles. The average Bonchev–Trinajstić information content (AvgIpc) is 3.41. The lowest BCUT2D eigenvalue weighted by atomic mass is 10.1. The van der Waals surface area contributed by atoms with Gasteiger partial charge in [-0.15, -0.1) is 0 Å². The van der Waals surface area contributed by atoms with Gasteiger partial charge in [-0.05, 0) is 32.9 Å². The Labute approximate surface area is 192 Å². The van der Waals surface area contributed by atoms with E-state index in [0.29, 0.717) is 32.2 Å². The molecule has 4 aromatic heterocycles. The van der Waals surface area contributed by atoms with Crippen LogP contribution in [0.1, 0.15) is 18.3 Å². The predicted molar refractivity (Wildman–Crippen MR) is 127 cm³/mol. The maximum Gasteiger partial charge on any atom is 0.162 e. The number of aromatic nitrogens is 6. The first-order valence-electron chi connectivity index (χ1n) is 11.3. The first-order chi connectivity index (χ1) is 16.1. The van der Waals surface area contributed by atoms with Crippen molar-refractivity contribution in [2.45, 2.75) is 33.4 Å². The van der Waals surface area contributed by atoms with Gasteiger partial charge in [0.2, 0.25) is 0 Å². The van der Waals surface area contributed by atoms with Crippen LogP contribution in [-0.2, 0) is 16.0 Å². The molecule has 9 nitrogen and oxygen atoms in total. The van der Waals surface area contributed by atoms with E-state index in [2.05, 4.69) is 34.8 Å². The fourth-order valence-electron chi connectivity index (χ4n) is 4.52. The van der Waals surface area contributed by atoms with Crippen molar-refractivity contribution >= 4 is 16.9 Å². The van der Waals surface area contributed by atoms with E-state index in [1.807, 2.05) is 29.9 Å². The van der Waals surface area contributed by atoms with Crippen molar-refractivity contribution in [1.82, 2.24) is 29.7 Å². The second kappa shape index (κ2) is 8.92. The fourth-order valence-corrected chi connectivity index (χ4v) is 4.52. The number of ether oxygens (including phenoxy) is 2. The van der Waals surface area contributed by atoms with Gasteiger partial charge in [0.25, 0.3) is 0 Å². The minimum atomic E-state index is 0.227. The molecule has 33 heavy (non-hydrogen) atoms. The van der Waals surface area contributed by atoms with Crippen LogP contribution >= 0.6 is 0 Å². The van der Waals surface area contributed by atoms with Gasteiger partial charge < -0.3 is 19.4 Å². The Bertz CT molecular complexity index is 1280. The number of nitrogens with zero attached hydrogens (tertiary/aromatic N) is 6. The minimum absolute atomic E-state index is 0.227.